The Morgan fingerprint density at radius 3 is 1.53 bits per heavy atom. The predicted octanol–water partition coefficient (Wildman–Crippen LogP) is 4.18. The minimum Gasteiger partial charge on any atom is -0.478 e. The number of carboxylic acids is 1. The molecular weight excluding hydrogens is 472 g/mol. The van der Waals surface area contributed by atoms with Gasteiger partial charge >= 0.3 is 5.97 Å². The number of nitro groups is 2. The van der Waals surface area contributed by atoms with E-state index < -0.39 is 56.0 Å². The van der Waals surface area contributed by atoms with Crippen LogP contribution < -0.4 is 10.6 Å². The first-order valence-corrected chi connectivity index (χ1v) is 10.4. The number of rotatable bonds is 8. The van der Waals surface area contributed by atoms with E-state index in [1.165, 1.54) is 12.1 Å². The topological polar surface area (TPSA) is 182 Å². The third-order valence-corrected chi connectivity index (χ3v) is 5.16. The van der Waals surface area contributed by atoms with Gasteiger partial charge in [-0.1, -0.05) is 24.3 Å². The molecule has 2 amide bonds. The van der Waals surface area contributed by atoms with E-state index in [0.717, 1.165) is 11.1 Å². The summed E-state index contributed by atoms with van der Waals surface area (Å²) in [6.45, 7) is 3.50. The molecule has 0 saturated carbocycles. The van der Waals surface area contributed by atoms with Gasteiger partial charge in [-0.3, -0.25) is 29.8 Å². The van der Waals surface area contributed by atoms with Crippen LogP contribution in [0.3, 0.4) is 0 Å². The molecule has 3 N–H and O–H groups in total. The van der Waals surface area contributed by atoms with Gasteiger partial charge in [0, 0.05) is 23.5 Å². The van der Waals surface area contributed by atoms with Gasteiger partial charge in [0.2, 0.25) is 11.8 Å². The average Bonchev–Trinajstić information content (AvgIpc) is 2.78. The van der Waals surface area contributed by atoms with Crippen LogP contribution in [-0.4, -0.2) is 32.7 Å². The van der Waals surface area contributed by atoms with Crippen LogP contribution in [0, 0.1) is 34.1 Å². The smallest absolute Gasteiger partial charge is 0.336 e. The van der Waals surface area contributed by atoms with Crippen molar-refractivity contribution in [3.8, 4) is 0 Å². The maximum atomic E-state index is 13.4. The molecule has 3 rings (SSSR count). The second-order valence-electron chi connectivity index (χ2n) is 7.90. The van der Waals surface area contributed by atoms with E-state index >= 15 is 0 Å². The second-order valence-corrected chi connectivity index (χ2v) is 7.90. The zero-order chi connectivity index (χ0) is 26.6. The number of aromatic carboxylic acids is 1. The molecule has 0 bridgehead atoms. The number of hydrogen-bond acceptors (Lipinski definition) is 7. The molecule has 0 aliphatic rings. The molecule has 0 aliphatic heterocycles. The molecule has 12 heteroatoms. The van der Waals surface area contributed by atoms with Gasteiger partial charge in [0.05, 0.1) is 15.4 Å². The number of hydrogen-bond donors (Lipinski definition) is 3. The van der Waals surface area contributed by atoms with Gasteiger partial charge in [-0.25, -0.2) is 4.79 Å². The molecule has 0 fully saturated rings. The molecule has 3 aromatic rings. The van der Waals surface area contributed by atoms with Gasteiger partial charge in [0.15, 0.2) is 5.92 Å². The van der Waals surface area contributed by atoms with Crippen LogP contribution in [0.15, 0.2) is 60.7 Å². The fraction of sp³-hybridized carbons (Fsp3) is 0.125. The van der Waals surface area contributed by atoms with Crippen molar-refractivity contribution in [3.05, 3.63) is 103 Å². The molecule has 0 radical (unpaired) electrons. The number of carboxylic acid groups (broad SMARTS) is 1. The Kier molecular flexibility index (Phi) is 7.38. The van der Waals surface area contributed by atoms with E-state index in [1.54, 1.807) is 50.2 Å². The largest absolute Gasteiger partial charge is 0.478 e. The summed E-state index contributed by atoms with van der Waals surface area (Å²) < 4.78 is 0. The van der Waals surface area contributed by atoms with Crippen LogP contribution in [0.5, 0.6) is 0 Å². The molecule has 0 spiro atoms. The van der Waals surface area contributed by atoms with Gasteiger partial charge in [0.1, 0.15) is 5.56 Å². The summed E-state index contributed by atoms with van der Waals surface area (Å²) in [6.07, 6.45) is 0. The summed E-state index contributed by atoms with van der Waals surface area (Å²) in [5.74, 6) is -5.90. The zero-order valence-corrected chi connectivity index (χ0v) is 19.1. The number of anilines is 2. The quantitative estimate of drug-likeness (QED) is 0.238. The molecule has 0 aliphatic carbocycles. The van der Waals surface area contributed by atoms with Crippen molar-refractivity contribution in [1.29, 1.82) is 0 Å². The Balaban J connectivity index is 2.22. The second kappa shape index (κ2) is 10.4. The summed E-state index contributed by atoms with van der Waals surface area (Å²) in [5.41, 5.74) is -1.66. The number of nitro benzene ring substituents is 2. The number of amides is 2. The van der Waals surface area contributed by atoms with Crippen LogP contribution in [0.25, 0.3) is 0 Å². The summed E-state index contributed by atoms with van der Waals surface area (Å²) >= 11 is 0. The fourth-order valence-corrected chi connectivity index (χ4v) is 3.60. The average molecular weight is 492 g/mol. The number of nitrogens with one attached hydrogen (secondary N) is 2. The molecule has 0 aromatic heterocycles. The minimum absolute atomic E-state index is 0.251. The Morgan fingerprint density at radius 2 is 1.19 bits per heavy atom. The van der Waals surface area contributed by atoms with E-state index in [-0.39, 0.29) is 11.4 Å². The van der Waals surface area contributed by atoms with Gasteiger partial charge in [-0.15, -0.1) is 0 Å². The Hall–Kier alpha value is -5.13. The van der Waals surface area contributed by atoms with Crippen LogP contribution in [0.1, 0.15) is 33.0 Å². The van der Waals surface area contributed by atoms with Crippen molar-refractivity contribution >= 4 is 40.5 Å². The first-order valence-electron chi connectivity index (χ1n) is 10.4. The molecule has 12 nitrogen and oxygen atoms in total. The lowest BCUT2D eigenvalue weighted by molar-refractivity contribution is -0.395. The number of carbonyl (C=O) groups is 3. The molecule has 0 heterocycles. The Labute approximate surface area is 203 Å². The van der Waals surface area contributed by atoms with Gasteiger partial charge in [-0.2, -0.15) is 0 Å². The van der Waals surface area contributed by atoms with Crippen LogP contribution >= 0.6 is 0 Å². The van der Waals surface area contributed by atoms with Gasteiger partial charge in [0.25, 0.3) is 11.4 Å². The Bertz CT molecular complexity index is 1310. The highest BCUT2D eigenvalue weighted by molar-refractivity contribution is 6.16. The van der Waals surface area contributed by atoms with Crippen LogP contribution in [0.2, 0.25) is 0 Å². The SMILES string of the molecule is Cc1cccc(NC(=O)C(C(=O)Nc2cccc(C)c2)c2c([N+](=O)[O-])cc(C(=O)O)cc2[N+](=O)[O-])c1. The summed E-state index contributed by atoms with van der Waals surface area (Å²) in [7, 11) is 0. The number of carbonyl (C=O) groups excluding carboxylic acids is 2. The standard InChI is InChI=1S/C24H20N4O8/c1-13-5-3-7-16(9-13)25-22(29)21(23(30)26-17-8-4-6-14(2)10-17)20-18(27(33)34)11-15(24(31)32)12-19(20)28(35)36/h3-12,21H,1-2H3,(H,25,29)(H,26,30)(H,31,32). The third kappa shape index (κ3) is 5.67. The maximum Gasteiger partial charge on any atom is 0.336 e. The molecular formula is C24H20N4O8. The zero-order valence-electron chi connectivity index (χ0n) is 19.1. The lowest BCUT2D eigenvalue weighted by atomic mass is 9.91. The highest BCUT2D eigenvalue weighted by atomic mass is 16.6. The molecule has 3 aromatic carbocycles. The molecule has 0 unspecified atom stereocenters. The van der Waals surface area contributed by atoms with Crippen molar-refractivity contribution in [2.75, 3.05) is 10.6 Å². The summed E-state index contributed by atoms with van der Waals surface area (Å²) in [4.78, 5) is 59.7. The van der Waals surface area contributed by atoms with E-state index in [9.17, 15) is 39.7 Å². The Morgan fingerprint density at radius 1 is 0.778 bits per heavy atom. The number of benzene rings is 3. The van der Waals surface area contributed by atoms with Crippen LogP contribution in [-0.2, 0) is 9.59 Å². The van der Waals surface area contributed by atoms with E-state index in [1.807, 2.05) is 0 Å². The number of nitrogens with zero attached hydrogens (tertiary/aromatic N) is 2. The van der Waals surface area contributed by atoms with Crippen molar-refractivity contribution < 1.29 is 29.3 Å². The summed E-state index contributed by atoms with van der Waals surface area (Å²) in [6, 6.07) is 14.1. The monoisotopic (exact) mass is 492 g/mol. The first-order chi connectivity index (χ1) is 17.0. The lowest BCUT2D eigenvalue weighted by Gasteiger charge is -2.18. The van der Waals surface area contributed by atoms with Gasteiger partial charge in [-0.05, 0) is 49.2 Å². The summed E-state index contributed by atoms with van der Waals surface area (Å²) in [5, 5.41) is 37.9. The highest BCUT2D eigenvalue weighted by Gasteiger charge is 2.41. The third-order valence-electron chi connectivity index (χ3n) is 5.16. The molecule has 36 heavy (non-hydrogen) atoms. The van der Waals surface area contributed by atoms with Crippen molar-refractivity contribution in [2.45, 2.75) is 19.8 Å². The van der Waals surface area contributed by atoms with Gasteiger partial charge < -0.3 is 15.7 Å². The maximum absolute atomic E-state index is 13.4. The van der Waals surface area contributed by atoms with E-state index in [2.05, 4.69) is 10.6 Å². The number of aryl methyl sites for hydroxylation is 2. The normalized spacial score (nSPS) is 10.5. The van der Waals surface area contributed by atoms with Crippen molar-refractivity contribution in [3.63, 3.8) is 0 Å². The lowest BCUT2D eigenvalue weighted by Crippen LogP contribution is -2.33. The fourth-order valence-electron chi connectivity index (χ4n) is 3.60. The van der Waals surface area contributed by atoms with E-state index in [0.29, 0.717) is 12.1 Å². The molecule has 184 valence electrons. The highest BCUT2D eigenvalue weighted by Crippen LogP contribution is 2.38. The predicted molar refractivity (Wildman–Crippen MR) is 129 cm³/mol. The van der Waals surface area contributed by atoms with Crippen molar-refractivity contribution in [1.82, 2.24) is 0 Å². The molecule has 0 saturated heterocycles. The van der Waals surface area contributed by atoms with E-state index in [4.69, 9.17) is 0 Å². The van der Waals surface area contributed by atoms with Crippen LogP contribution in [0.4, 0.5) is 22.7 Å². The molecule has 0 atom stereocenters. The minimum atomic E-state index is -2.07. The van der Waals surface area contributed by atoms with Crippen molar-refractivity contribution in [2.24, 2.45) is 0 Å². The first kappa shape index (κ1) is 25.5.